The van der Waals surface area contributed by atoms with Crippen LogP contribution in [0.2, 0.25) is 0 Å². The van der Waals surface area contributed by atoms with E-state index in [2.05, 4.69) is 22.5 Å². The van der Waals surface area contributed by atoms with Gasteiger partial charge < -0.3 is 4.74 Å². The molecular formula is C24H28N4O3. The molecule has 1 amide bonds. The normalized spacial score (nSPS) is 11.2. The fourth-order valence-electron chi connectivity index (χ4n) is 3.07. The topological polar surface area (TPSA) is 85.6 Å². The van der Waals surface area contributed by atoms with Gasteiger partial charge in [0.1, 0.15) is 5.75 Å². The molecule has 1 N–H and O–H groups in total. The molecule has 31 heavy (non-hydrogen) atoms. The Labute approximate surface area is 181 Å². The number of hydrogen-bond donors (Lipinski definition) is 1. The molecule has 1 heterocycles. The van der Waals surface area contributed by atoms with Crippen LogP contribution in [0, 0.1) is 0 Å². The summed E-state index contributed by atoms with van der Waals surface area (Å²) in [5.74, 6) is 0.344. The predicted octanol–water partition coefficient (Wildman–Crippen LogP) is 4.14. The summed E-state index contributed by atoms with van der Waals surface area (Å²) in [5, 5.41) is 9.35. The minimum absolute atomic E-state index is 0.183. The number of benzene rings is 2. The Morgan fingerprint density at radius 2 is 1.77 bits per heavy atom. The van der Waals surface area contributed by atoms with Crippen LogP contribution in [0.25, 0.3) is 10.8 Å². The second-order valence-electron chi connectivity index (χ2n) is 7.25. The van der Waals surface area contributed by atoms with E-state index in [1.165, 1.54) is 4.68 Å². The minimum atomic E-state index is -0.461. The third kappa shape index (κ3) is 5.78. The second kappa shape index (κ2) is 11.1. The quantitative estimate of drug-likeness (QED) is 0.303. The van der Waals surface area contributed by atoms with Gasteiger partial charge in [-0.1, -0.05) is 44.9 Å². The van der Waals surface area contributed by atoms with Gasteiger partial charge in [-0.25, -0.2) is 10.1 Å². The van der Waals surface area contributed by atoms with Crippen LogP contribution in [0.1, 0.15) is 55.6 Å². The van der Waals surface area contributed by atoms with Crippen LogP contribution in [-0.4, -0.2) is 28.5 Å². The Balaban J connectivity index is 1.74. The Bertz CT molecular complexity index is 1100. The monoisotopic (exact) mass is 420 g/mol. The molecule has 0 atom stereocenters. The van der Waals surface area contributed by atoms with Crippen LogP contribution in [0.4, 0.5) is 0 Å². The Kier molecular flexibility index (Phi) is 7.92. The molecule has 0 bridgehead atoms. The van der Waals surface area contributed by atoms with Crippen molar-refractivity contribution < 1.29 is 9.53 Å². The van der Waals surface area contributed by atoms with Crippen molar-refractivity contribution in [3.8, 4) is 5.75 Å². The third-order valence-electron chi connectivity index (χ3n) is 4.83. The lowest BCUT2D eigenvalue weighted by Gasteiger charge is -2.09. The van der Waals surface area contributed by atoms with Gasteiger partial charge in [-0.3, -0.25) is 9.59 Å². The molecule has 2 aromatic carbocycles. The van der Waals surface area contributed by atoms with Gasteiger partial charge in [-0.2, -0.15) is 10.2 Å². The summed E-state index contributed by atoms with van der Waals surface area (Å²) in [6.45, 7) is 5.32. The van der Waals surface area contributed by atoms with E-state index in [0.717, 1.165) is 37.0 Å². The van der Waals surface area contributed by atoms with Crippen molar-refractivity contribution in [2.45, 2.75) is 46.1 Å². The van der Waals surface area contributed by atoms with Gasteiger partial charge in [-0.05, 0) is 48.7 Å². The first-order valence-electron chi connectivity index (χ1n) is 10.7. The van der Waals surface area contributed by atoms with Gasteiger partial charge >= 0.3 is 0 Å². The highest BCUT2D eigenvalue weighted by atomic mass is 16.5. The Morgan fingerprint density at radius 1 is 1.06 bits per heavy atom. The van der Waals surface area contributed by atoms with Crippen LogP contribution in [0.3, 0.4) is 0 Å². The molecule has 0 aliphatic rings. The number of fused-ring (bicyclic) bond motifs is 1. The first-order valence-corrected chi connectivity index (χ1v) is 10.7. The van der Waals surface area contributed by atoms with Crippen molar-refractivity contribution in [1.29, 1.82) is 0 Å². The summed E-state index contributed by atoms with van der Waals surface area (Å²) in [6.07, 6.45) is 5.40. The first kappa shape index (κ1) is 22.2. The highest BCUT2D eigenvalue weighted by Gasteiger charge is 2.16. The van der Waals surface area contributed by atoms with Crippen molar-refractivity contribution in [3.63, 3.8) is 0 Å². The number of aromatic nitrogens is 2. The zero-order valence-electron chi connectivity index (χ0n) is 18.0. The molecule has 7 nitrogen and oxygen atoms in total. The summed E-state index contributed by atoms with van der Waals surface area (Å²) in [6, 6.07) is 14.5. The second-order valence-corrected chi connectivity index (χ2v) is 7.25. The molecule has 0 aliphatic carbocycles. The molecule has 7 heteroatoms. The van der Waals surface area contributed by atoms with Gasteiger partial charge in [0.2, 0.25) is 0 Å². The minimum Gasteiger partial charge on any atom is -0.494 e. The molecule has 162 valence electrons. The number of ether oxygens (including phenoxy) is 1. The van der Waals surface area contributed by atoms with Crippen molar-refractivity contribution in [3.05, 3.63) is 70.1 Å². The molecule has 0 spiro atoms. The van der Waals surface area contributed by atoms with Crippen LogP contribution in [0.5, 0.6) is 5.75 Å². The van der Waals surface area contributed by atoms with Crippen LogP contribution in [0.15, 0.2) is 58.4 Å². The summed E-state index contributed by atoms with van der Waals surface area (Å²) < 4.78 is 7.00. The predicted molar refractivity (Wildman–Crippen MR) is 123 cm³/mol. The molecule has 0 unspecified atom stereocenters. The summed E-state index contributed by atoms with van der Waals surface area (Å²) in [4.78, 5) is 25.4. The van der Waals surface area contributed by atoms with E-state index >= 15 is 0 Å². The standard InChI is InChI=1S/C24H28N4O3/c1-3-5-15-28-24(30)21-10-8-7-9-20(21)22(27-28)23(29)26-25-17-18-11-13-19(14-12-18)31-16-6-4-2/h7-14,17H,3-6,15-16H2,1-2H3,(H,26,29)/b25-17-. The van der Waals surface area contributed by atoms with E-state index < -0.39 is 5.91 Å². The van der Waals surface area contributed by atoms with E-state index in [0.29, 0.717) is 23.9 Å². The number of amides is 1. The van der Waals surface area contributed by atoms with Crippen LogP contribution < -0.4 is 15.7 Å². The van der Waals surface area contributed by atoms with Crippen molar-refractivity contribution in [2.75, 3.05) is 6.61 Å². The van der Waals surface area contributed by atoms with Gasteiger partial charge in [0, 0.05) is 11.9 Å². The number of rotatable bonds is 10. The molecule has 3 aromatic rings. The Morgan fingerprint density at radius 3 is 2.48 bits per heavy atom. The smallest absolute Gasteiger partial charge is 0.292 e. The van der Waals surface area contributed by atoms with E-state index in [1.54, 1.807) is 30.5 Å². The molecule has 3 rings (SSSR count). The van der Waals surface area contributed by atoms with E-state index in [9.17, 15) is 9.59 Å². The molecule has 0 radical (unpaired) electrons. The summed E-state index contributed by atoms with van der Waals surface area (Å²) in [7, 11) is 0. The van der Waals surface area contributed by atoms with Crippen molar-refractivity contribution in [2.24, 2.45) is 5.10 Å². The fraction of sp³-hybridized carbons (Fsp3) is 0.333. The summed E-state index contributed by atoms with van der Waals surface area (Å²) in [5.41, 5.74) is 3.34. The van der Waals surface area contributed by atoms with Gasteiger partial charge in [-0.15, -0.1) is 0 Å². The maximum atomic E-state index is 12.8. The number of carbonyl (C=O) groups is 1. The molecule has 0 saturated carbocycles. The third-order valence-corrected chi connectivity index (χ3v) is 4.83. The zero-order chi connectivity index (χ0) is 22.1. The number of carbonyl (C=O) groups excluding carboxylic acids is 1. The average molecular weight is 421 g/mol. The average Bonchev–Trinajstić information content (AvgIpc) is 2.80. The van der Waals surface area contributed by atoms with Crippen molar-refractivity contribution in [1.82, 2.24) is 15.2 Å². The van der Waals surface area contributed by atoms with Crippen LogP contribution >= 0.6 is 0 Å². The number of hydrogen-bond acceptors (Lipinski definition) is 5. The molecule has 1 aromatic heterocycles. The highest BCUT2D eigenvalue weighted by molar-refractivity contribution is 6.04. The molecular weight excluding hydrogens is 392 g/mol. The van der Waals surface area contributed by atoms with Gasteiger partial charge in [0.25, 0.3) is 11.5 Å². The lowest BCUT2D eigenvalue weighted by molar-refractivity contribution is 0.0949. The van der Waals surface area contributed by atoms with Gasteiger partial charge in [0.05, 0.1) is 18.2 Å². The SMILES string of the molecule is CCCCOc1ccc(/C=N\NC(=O)c2nn(CCCC)c(=O)c3ccccc23)cc1. The highest BCUT2D eigenvalue weighted by Crippen LogP contribution is 2.14. The largest absolute Gasteiger partial charge is 0.494 e. The lowest BCUT2D eigenvalue weighted by atomic mass is 10.1. The maximum Gasteiger partial charge on any atom is 0.292 e. The van der Waals surface area contributed by atoms with Gasteiger partial charge in [0.15, 0.2) is 5.69 Å². The number of nitrogens with zero attached hydrogens (tertiary/aromatic N) is 3. The number of aryl methyl sites for hydroxylation is 1. The summed E-state index contributed by atoms with van der Waals surface area (Å²) >= 11 is 0. The van der Waals surface area contributed by atoms with Crippen LogP contribution in [-0.2, 0) is 6.54 Å². The Hall–Kier alpha value is -3.48. The number of hydrazone groups is 1. The number of nitrogens with one attached hydrogen (secondary N) is 1. The fourth-order valence-corrected chi connectivity index (χ4v) is 3.07. The number of unbranched alkanes of at least 4 members (excludes halogenated alkanes) is 2. The van der Waals surface area contributed by atoms with Crippen molar-refractivity contribution >= 4 is 22.9 Å². The molecule has 0 saturated heterocycles. The van der Waals surface area contributed by atoms with E-state index in [1.807, 2.05) is 31.2 Å². The molecule has 0 aliphatic heterocycles. The maximum absolute atomic E-state index is 12.8. The van der Waals surface area contributed by atoms with E-state index in [4.69, 9.17) is 4.74 Å². The first-order chi connectivity index (χ1) is 15.1. The molecule has 0 fully saturated rings. The van der Waals surface area contributed by atoms with E-state index in [-0.39, 0.29) is 11.3 Å². The zero-order valence-corrected chi connectivity index (χ0v) is 18.0. The lowest BCUT2D eigenvalue weighted by Crippen LogP contribution is -2.29.